The van der Waals surface area contributed by atoms with Crippen molar-refractivity contribution >= 4 is 11.8 Å². The topological polar surface area (TPSA) is 32.5 Å². The number of likely N-dealkylation sites (N-methyl/N-ethyl adjacent to an activating group) is 1. The van der Waals surface area contributed by atoms with Crippen molar-refractivity contribution in [2.24, 2.45) is 5.73 Å². The van der Waals surface area contributed by atoms with Crippen LogP contribution in [0.25, 0.3) is 0 Å². The second kappa shape index (κ2) is 5.04. The van der Waals surface area contributed by atoms with Gasteiger partial charge < -0.3 is 10.6 Å². The molecule has 2 aliphatic rings. The molecule has 2 fully saturated rings. The normalized spacial score (nSPS) is 35.6. The predicted molar refractivity (Wildman–Crippen MR) is 67.4 cm³/mol. The Morgan fingerprint density at radius 2 is 2.13 bits per heavy atom. The minimum absolute atomic E-state index is 0.291. The summed E-state index contributed by atoms with van der Waals surface area (Å²) in [6, 6.07) is 0. The number of hydrogen-bond acceptors (Lipinski definition) is 4. The molecule has 0 aliphatic carbocycles. The molecule has 0 amide bonds. The Morgan fingerprint density at radius 3 is 2.80 bits per heavy atom. The van der Waals surface area contributed by atoms with Gasteiger partial charge in [-0.15, -0.1) is 0 Å². The Labute approximate surface area is 97.4 Å². The van der Waals surface area contributed by atoms with Gasteiger partial charge >= 0.3 is 0 Å². The average molecular weight is 229 g/mol. The smallest absolute Gasteiger partial charge is 0.0470 e. The van der Waals surface area contributed by atoms with Crippen LogP contribution >= 0.6 is 11.8 Å². The molecular formula is C11H23N3S. The first-order valence-electron chi connectivity index (χ1n) is 5.98. The minimum Gasteiger partial charge on any atom is -0.329 e. The highest BCUT2D eigenvalue weighted by Gasteiger charge is 2.40. The lowest BCUT2D eigenvalue weighted by molar-refractivity contribution is 0.111. The van der Waals surface area contributed by atoms with Crippen LogP contribution in [0.1, 0.15) is 12.8 Å². The molecule has 88 valence electrons. The highest BCUT2D eigenvalue weighted by Crippen LogP contribution is 2.28. The summed E-state index contributed by atoms with van der Waals surface area (Å²) in [5.74, 6) is 2.61. The molecular weight excluding hydrogens is 206 g/mol. The molecule has 15 heavy (non-hydrogen) atoms. The van der Waals surface area contributed by atoms with Crippen LogP contribution in [-0.2, 0) is 0 Å². The summed E-state index contributed by atoms with van der Waals surface area (Å²) in [6.45, 7) is 5.67. The third-order valence-electron chi connectivity index (χ3n) is 3.80. The van der Waals surface area contributed by atoms with Gasteiger partial charge in [-0.2, -0.15) is 11.8 Å². The lowest BCUT2D eigenvalue weighted by atomic mass is 9.96. The number of thioether (sulfide) groups is 1. The molecule has 3 nitrogen and oxygen atoms in total. The van der Waals surface area contributed by atoms with E-state index in [1.165, 1.54) is 44.0 Å². The van der Waals surface area contributed by atoms with E-state index in [0.29, 0.717) is 5.54 Å². The van der Waals surface area contributed by atoms with Crippen molar-refractivity contribution < 1.29 is 0 Å². The van der Waals surface area contributed by atoms with Crippen LogP contribution in [-0.4, -0.2) is 66.6 Å². The maximum Gasteiger partial charge on any atom is 0.0470 e. The SMILES string of the molecule is CN1CCC(CN)(N2CCCSCC2)C1. The number of likely N-dealkylation sites (tertiary alicyclic amines) is 1. The highest BCUT2D eigenvalue weighted by atomic mass is 32.2. The molecule has 2 aliphatic heterocycles. The van der Waals surface area contributed by atoms with E-state index in [4.69, 9.17) is 5.73 Å². The summed E-state index contributed by atoms with van der Waals surface area (Å²) in [4.78, 5) is 5.08. The van der Waals surface area contributed by atoms with Crippen molar-refractivity contribution in [2.75, 3.05) is 51.3 Å². The fraction of sp³-hybridized carbons (Fsp3) is 1.00. The zero-order valence-electron chi connectivity index (χ0n) is 9.74. The average Bonchev–Trinajstić information content (AvgIpc) is 2.49. The minimum atomic E-state index is 0.291. The number of nitrogens with zero attached hydrogens (tertiary/aromatic N) is 2. The van der Waals surface area contributed by atoms with E-state index in [9.17, 15) is 0 Å². The zero-order valence-corrected chi connectivity index (χ0v) is 10.6. The lowest BCUT2D eigenvalue weighted by Gasteiger charge is -2.39. The quantitative estimate of drug-likeness (QED) is 0.745. The first-order valence-corrected chi connectivity index (χ1v) is 7.14. The second-order valence-corrected chi connectivity index (χ2v) is 6.09. The fourth-order valence-electron chi connectivity index (χ4n) is 2.83. The van der Waals surface area contributed by atoms with Gasteiger partial charge in [0, 0.05) is 30.9 Å². The van der Waals surface area contributed by atoms with E-state index in [0.717, 1.165) is 13.1 Å². The van der Waals surface area contributed by atoms with E-state index in [1.807, 2.05) is 0 Å². The molecule has 2 rings (SSSR count). The summed E-state index contributed by atoms with van der Waals surface area (Å²) in [5.41, 5.74) is 6.33. The van der Waals surface area contributed by atoms with E-state index >= 15 is 0 Å². The highest BCUT2D eigenvalue weighted by molar-refractivity contribution is 7.99. The van der Waals surface area contributed by atoms with Crippen LogP contribution in [0.4, 0.5) is 0 Å². The molecule has 0 spiro atoms. The van der Waals surface area contributed by atoms with Crippen LogP contribution in [0, 0.1) is 0 Å². The van der Waals surface area contributed by atoms with Gasteiger partial charge in [-0.1, -0.05) is 0 Å². The van der Waals surface area contributed by atoms with E-state index in [-0.39, 0.29) is 0 Å². The number of rotatable bonds is 2. The molecule has 2 heterocycles. The van der Waals surface area contributed by atoms with E-state index < -0.39 is 0 Å². The summed E-state index contributed by atoms with van der Waals surface area (Å²) in [6.07, 6.45) is 2.58. The maximum absolute atomic E-state index is 6.04. The Bertz CT molecular complexity index is 204. The van der Waals surface area contributed by atoms with Crippen LogP contribution < -0.4 is 5.73 Å². The van der Waals surface area contributed by atoms with Gasteiger partial charge in [-0.05, 0) is 38.7 Å². The predicted octanol–water partition coefficient (Wildman–Crippen LogP) is 0.458. The summed E-state index contributed by atoms with van der Waals surface area (Å²) in [7, 11) is 2.21. The lowest BCUT2D eigenvalue weighted by Crippen LogP contribution is -2.56. The Morgan fingerprint density at radius 1 is 1.27 bits per heavy atom. The molecule has 0 aromatic carbocycles. The van der Waals surface area contributed by atoms with Crippen molar-refractivity contribution in [2.45, 2.75) is 18.4 Å². The van der Waals surface area contributed by atoms with Crippen molar-refractivity contribution in [3.63, 3.8) is 0 Å². The van der Waals surface area contributed by atoms with Gasteiger partial charge in [0.15, 0.2) is 0 Å². The Kier molecular flexibility index (Phi) is 3.93. The molecule has 1 atom stereocenters. The van der Waals surface area contributed by atoms with Gasteiger partial charge in [-0.25, -0.2) is 0 Å². The second-order valence-electron chi connectivity index (χ2n) is 4.87. The summed E-state index contributed by atoms with van der Waals surface area (Å²) < 4.78 is 0. The number of nitrogens with two attached hydrogens (primary N) is 1. The van der Waals surface area contributed by atoms with Crippen molar-refractivity contribution in [3.05, 3.63) is 0 Å². The molecule has 2 saturated heterocycles. The van der Waals surface area contributed by atoms with Gasteiger partial charge in [0.2, 0.25) is 0 Å². The standard InChI is InChI=1S/C11H23N3S/c1-13-5-3-11(9-12,10-13)14-4-2-7-15-8-6-14/h2-10,12H2,1H3. The Balaban J connectivity index is 2.03. The Hall–Kier alpha value is 0.230. The third-order valence-corrected chi connectivity index (χ3v) is 4.84. The molecule has 2 N–H and O–H groups in total. The van der Waals surface area contributed by atoms with Crippen LogP contribution in [0.3, 0.4) is 0 Å². The molecule has 0 aromatic heterocycles. The maximum atomic E-state index is 6.04. The van der Waals surface area contributed by atoms with E-state index in [1.54, 1.807) is 0 Å². The van der Waals surface area contributed by atoms with Gasteiger partial charge in [0.05, 0.1) is 0 Å². The summed E-state index contributed by atoms with van der Waals surface area (Å²) in [5, 5.41) is 0. The van der Waals surface area contributed by atoms with Crippen LogP contribution in [0.5, 0.6) is 0 Å². The van der Waals surface area contributed by atoms with Crippen molar-refractivity contribution in [3.8, 4) is 0 Å². The molecule has 0 saturated carbocycles. The van der Waals surface area contributed by atoms with Gasteiger partial charge in [-0.3, -0.25) is 4.90 Å². The van der Waals surface area contributed by atoms with Crippen LogP contribution in [0.15, 0.2) is 0 Å². The van der Waals surface area contributed by atoms with Gasteiger partial charge in [0.1, 0.15) is 0 Å². The first kappa shape index (κ1) is 11.7. The molecule has 1 unspecified atom stereocenters. The molecule has 4 heteroatoms. The largest absolute Gasteiger partial charge is 0.329 e. The van der Waals surface area contributed by atoms with Crippen molar-refractivity contribution in [1.29, 1.82) is 0 Å². The molecule has 0 aromatic rings. The zero-order chi connectivity index (χ0) is 10.7. The summed E-state index contributed by atoms with van der Waals surface area (Å²) >= 11 is 2.09. The first-order chi connectivity index (χ1) is 7.27. The number of hydrogen-bond donors (Lipinski definition) is 1. The third kappa shape index (κ3) is 2.49. The molecule has 0 bridgehead atoms. The van der Waals surface area contributed by atoms with E-state index in [2.05, 4.69) is 28.6 Å². The van der Waals surface area contributed by atoms with Crippen LogP contribution in [0.2, 0.25) is 0 Å². The van der Waals surface area contributed by atoms with Crippen molar-refractivity contribution in [1.82, 2.24) is 9.80 Å². The fourth-order valence-corrected chi connectivity index (χ4v) is 3.72. The molecule has 0 radical (unpaired) electrons. The monoisotopic (exact) mass is 229 g/mol. The van der Waals surface area contributed by atoms with Gasteiger partial charge in [0.25, 0.3) is 0 Å².